The molecular formula is C15H17FN2OS. The molecule has 0 fully saturated rings. The van der Waals surface area contributed by atoms with Gasteiger partial charge in [-0.25, -0.2) is 9.37 Å². The molecule has 0 saturated carbocycles. The van der Waals surface area contributed by atoms with Crippen molar-refractivity contribution in [2.45, 2.75) is 26.3 Å². The zero-order valence-electron chi connectivity index (χ0n) is 11.6. The fraction of sp³-hybridized carbons (Fsp3) is 0.333. The molecule has 5 heteroatoms. The Morgan fingerprint density at radius 2 is 2.15 bits per heavy atom. The van der Waals surface area contributed by atoms with E-state index >= 15 is 0 Å². The van der Waals surface area contributed by atoms with Crippen molar-refractivity contribution in [2.24, 2.45) is 0 Å². The fourth-order valence-electron chi connectivity index (χ4n) is 1.97. The zero-order valence-corrected chi connectivity index (χ0v) is 12.4. The first-order valence-corrected chi connectivity index (χ1v) is 7.36. The fourth-order valence-corrected chi connectivity index (χ4v) is 2.86. The van der Waals surface area contributed by atoms with Crippen molar-refractivity contribution in [3.63, 3.8) is 0 Å². The number of thiazole rings is 1. The molecule has 2 aromatic rings. The molecule has 0 N–H and O–H groups in total. The molecular weight excluding hydrogens is 275 g/mol. The van der Waals surface area contributed by atoms with E-state index in [-0.39, 0.29) is 5.82 Å². The summed E-state index contributed by atoms with van der Waals surface area (Å²) in [7, 11) is 1.86. The maximum Gasteiger partial charge on any atom is 0.186 e. The van der Waals surface area contributed by atoms with Gasteiger partial charge < -0.3 is 4.90 Å². The van der Waals surface area contributed by atoms with Crippen molar-refractivity contribution in [1.82, 2.24) is 4.98 Å². The summed E-state index contributed by atoms with van der Waals surface area (Å²) in [6.45, 7) is 2.49. The Labute approximate surface area is 122 Å². The molecule has 0 aliphatic heterocycles. The van der Waals surface area contributed by atoms with Crippen LogP contribution < -0.4 is 4.90 Å². The number of aldehydes is 1. The maximum atomic E-state index is 13.6. The third kappa shape index (κ3) is 3.22. The molecule has 106 valence electrons. The lowest BCUT2D eigenvalue weighted by molar-refractivity contribution is 0.112. The quantitative estimate of drug-likeness (QED) is 0.761. The Morgan fingerprint density at radius 3 is 2.80 bits per heavy atom. The van der Waals surface area contributed by atoms with Gasteiger partial charge in [0.15, 0.2) is 11.4 Å². The number of rotatable bonds is 6. The molecule has 20 heavy (non-hydrogen) atoms. The van der Waals surface area contributed by atoms with Crippen LogP contribution in [0.3, 0.4) is 0 Å². The molecule has 0 radical (unpaired) electrons. The van der Waals surface area contributed by atoms with Gasteiger partial charge in [-0.2, -0.15) is 0 Å². The Hall–Kier alpha value is -1.75. The van der Waals surface area contributed by atoms with Crippen LogP contribution in [0.15, 0.2) is 24.3 Å². The number of aromatic nitrogens is 1. The number of nitrogens with zero attached hydrogens (tertiary/aromatic N) is 2. The first-order valence-electron chi connectivity index (χ1n) is 6.55. The average molecular weight is 292 g/mol. The highest BCUT2D eigenvalue weighted by Gasteiger charge is 2.14. The van der Waals surface area contributed by atoms with Crippen LogP contribution >= 0.6 is 11.3 Å². The first-order chi connectivity index (χ1) is 9.65. The molecule has 0 amide bonds. The Bertz CT molecular complexity index is 597. The van der Waals surface area contributed by atoms with Crippen LogP contribution in [0.25, 0.3) is 0 Å². The van der Waals surface area contributed by atoms with Crippen molar-refractivity contribution < 1.29 is 9.18 Å². The molecule has 1 heterocycles. The standard InChI is InChI=1S/C15H17FN2OS/c1-3-6-13-14(10-19)20-15(17-13)18(2)9-11-7-4-5-8-12(11)16/h4-5,7-8,10H,3,6,9H2,1-2H3. The van der Waals surface area contributed by atoms with Crippen molar-refractivity contribution in [2.75, 3.05) is 11.9 Å². The van der Waals surface area contributed by atoms with E-state index in [1.165, 1.54) is 17.4 Å². The second-order valence-electron chi connectivity index (χ2n) is 4.62. The highest BCUT2D eigenvalue weighted by Crippen LogP contribution is 2.26. The Balaban J connectivity index is 2.19. The third-order valence-electron chi connectivity index (χ3n) is 3.00. The smallest absolute Gasteiger partial charge is 0.186 e. The Morgan fingerprint density at radius 1 is 1.40 bits per heavy atom. The van der Waals surface area contributed by atoms with E-state index in [0.29, 0.717) is 17.0 Å². The van der Waals surface area contributed by atoms with E-state index in [1.54, 1.807) is 12.1 Å². The summed E-state index contributed by atoms with van der Waals surface area (Å²) in [4.78, 5) is 18.1. The van der Waals surface area contributed by atoms with Crippen LogP contribution in [0.4, 0.5) is 9.52 Å². The number of anilines is 1. The summed E-state index contributed by atoms with van der Waals surface area (Å²) in [5.74, 6) is -0.222. The second-order valence-corrected chi connectivity index (χ2v) is 5.63. The van der Waals surface area contributed by atoms with Crippen LogP contribution in [-0.4, -0.2) is 18.3 Å². The van der Waals surface area contributed by atoms with Gasteiger partial charge in [-0.05, 0) is 12.5 Å². The van der Waals surface area contributed by atoms with Crippen LogP contribution in [0, 0.1) is 5.82 Å². The topological polar surface area (TPSA) is 33.2 Å². The molecule has 0 saturated heterocycles. The van der Waals surface area contributed by atoms with Gasteiger partial charge in [0, 0.05) is 19.2 Å². The molecule has 0 aliphatic rings. The van der Waals surface area contributed by atoms with Gasteiger partial charge in [0.2, 0.25) is 0 Å². The van der Waals surface area contributed by atoms with Gasteiger partial charge in [0.05, 0.1) is 10.6 Å². The van der Waals surface area contributed by atoms with E-state index in [9.17, 15) is 9.18 Å². The summed E-state index contributed by atoms with van der Waals surface area (Å²) in [5, 5.41) is 0.749. The SMILES string of the molecule is CCCc1nc(N(C)Cc2ccccc2F)sc1C=O. The van der Waals surface area contributed by atoms with Gasteiger partial charge in [-0.1, -0.05) is 42.9 Å². The monoisotopic (exact) mass is 292 g/mol. The highest BCUT2D eigenvalue weighted by atomic mass is 32.1. The molecule has 1 aromatic heterocycles. The molecule has 2 rings (SSSR count). The minimum absolute atomic E-state index is 0.222. The predicted octanol–water partition coefficient (Wildman–Crippen LogP) is 3.68. The summed E-state index contributed by atoms with van der Waals surface area (Å²) < 4.78 is 13.6. The van der Waals surface area contributed by atoms with E-state index in [1.807, 2.05) is 18.0 Å². The number of aryl methyl sites for hydroxylation is 1. The van der Waals surface area contributed by atoms with Gasteiger partial charge in [-0.3, -0.25) is 4.79 Å². The van der Waals surface area contributed by atoms with Gasteiger partial charge in [-0.15, -0.1) is 0 Å². The zero-order chi connectivity index (χ0) is 14.5. The van der Waals surface area contributed by atoms with Crippen molar-refractivity contribution in [3.05, 3.63) is 46.2 Å². The number of hydrogen-bond donors (Lipinski definition) is 0. The van der Waals surface area contributed by atoms with Crippen LogP contribution in [0.1, 0.15) is 34.3 Å². The molecule has 0 atom stereocenters. The molecule has 0 unspecified atom stereocenters. The predicted molar refractivity (Wildman–Crippen MR) is 80.0 cm³/mol. The maximum absolute atomic E-state index is 13.6. The van der Waals surface area contributed by atoms with Gasteiger partial charge >= 0.3 is 0 Å². The third-order valence-corrected chi connectivity index (χ3v) is 4.14. The van der Waals surface area contributed by atoms with E-state index in [0.717, 1.165) is 30.0 Å². The van der Waals surface area contributed by atoms with Crippen molar-refractivity contribution in [1.29, 1.82) is 0 Å². The second kappa shape index (κ2) is 6.61. The van der Waals surface area contributed by atoms with E-state index < -0.39 is 0 Å². The normalized spacial score (nSPS) is 10.6. The number of carbonyl (C=O) groups is 1. The minimum Gasteiger partial charge on any atom is -0.347 e. The molecule has 0 aliphatic carbocycles. The molecule has 0 bridgehead atoms. The van der Waals surface area contributed by atoms with Crippen LogP contribution in [-0.2, 0) is 13.0 Å². The van der Waals surface area contributed by atoms with E-state index in [2.05, 4.69) is 11.9 Å². The number of benzene rings is 1. The van der Waals surface area contributed by atoms with E-state index in [4.69, 9.17) is 0 Å². The first kappa shape index (κ1) is 14.7. The highest BCUT2D eigenvalue weighted by molar-refractivity contribution is 7.17. The summed E-state index contributed by atoms with van der Waals surface area (Å²) in [6.07, 6.45) is 2.59. The van der Waals surface area contributed by atoms with Gasteiger partial charge in [0.25, 0.3) is 0 Å². The van der Waals surface area contributed by atoms with Crippen LogP contribution in [0.5, 0.6) is 0 Å². The summed E-state index contributed by atoms with van der Waals surface area (Å²) in [6, 6.07) is 6.69. The largest absolute Gasteiger partial charge is 0.347 e. The molecule has 3 nitrogen and oxygen atoms in total. The number of carbonyl (C=O) groups excluding carboxylic acids is 1. The minimum atomic E-state index is -0.222. The summed E-state index contributed by atoms with van der Waals surface area (Å²) in [5.41, 5.74) is 1.46. The molecule has 0 spiro atoms. The van der Waals surface area contributed by atoms with Crippen molar-refractivity contribution in [3.8, 4) is 0 Å². The lowest BCUT2D eigenvalue weighted by Gasteiger charge is -2.16. The molecule has 1 aromatic carbocycles. The number of hydrogen-bond acceptors (Lipinski definition) is 4. The lowest BCUT2D eigenvalue weighted by atomic mass is 10.2. The van der Waals surface area contributed by atoms with Crippen LogP contribution in [0.2, 0.25) is 0 Å². The Kier molecular flexibility index (Phi) is 4.84. The lowest BCUT2D eigenvalue weighted by Crippen LogP contribution is -2.17. The summed E-state index contributed by atoms with van der Waals surface area (Å²) >= 11 is 1.36. The average Bonchev–Trinajstić information content (AvgIpc) is 2.85. The number of halogens is 1. The van der Waals surface area contributed by atoms with Crippen molar-refractivity contribution >= 4 is 22.8 Å². The van der Waals surface area contributed by atoms with Gasteiger partial charge in [0.1, 0.15) is 5.82 Å².